The van der Waals surface area contributed by atoms with Crippen molar-refractivity contribution in [3.8, 4) is 33.8 Å². The van der Waals surface area contributed by atoms with E-state index in [4.69, 9.17) is 35.5 Å². The number of aromatic nitrogens is 4. The molecular weight excluding hydrogens is 558 g/mol. The zero-order chi connectivity index (χ0) is 28.0. The van der Waals surface area contributed by atoms with E-state index in [0.29, 0.717) is 55.5 Å². The Bertz CT molecular complexity index is 1760. The normalized spacial score (nSPS) is 14.3. The number of anilines is 1. The van der Waals surface area contributed by atoms with Crippen molar-refractivity contribution in [1.29, 1.82) is 0 Å². The second-order valence-corrected chi connectivity index (χ2v) is 10.4. The molecule has 0 saturated heterocycles. The van der Waals surface area contributed by atoms with E-state index in [1.165, 1.54) is 24.6 Å². The van der Waals surface area contributed by atoms with Crippen molar-refractivity contribution in [2.45, 2.75) is 13.0 Å². The Morgan fingerprint density at radius 2 is 1.95 bits per heavy atom. The second-order valence-electron chi connectivity index (χ2n) is 8.98. The van der Waals surface area contributed by atoms with Crippen LogP contribution < -0.4 is 23.8 Å². The highest BCUT2D eigenvalue weighted by Gasteiger charge is 2.30. The van der Waals surface area contributed by atoms with E-state index in [2.05, 4.69) is 15.0 Å². The lowest BCUT2D eigenvalue weighted by Gasteiger charge is -2.30. The molecule has 0 unspecified atom stereocenters. The number of ether oxygens (including phenoxy) is 4. The molecule has 3 aromatic heterocycles. The maximum atomic E-state index is 12.0. The summed E-state index contributed by atoms with van der Waals surface area (Å²) in [5, 5.41) is 10.9. The molecule has 1 N–H and O–H groups in total. The number of pyridine rings is 1. The number of carbonyl (C=O) groups is 1. The molecule has 0 fully saturated rings. The fourth-order valence-electron chi connectivity index (χ4n) is 4.48. The van der Waals surface area contributed by atoms with Gasteiger partial charge in [0, 0.05) is 17.7 Å². The third-order valence-electron chi connectivity index (χ3n) is 6.32. The summed E-state index contributed by atoms with van der Waals surface area (Å²) in [6, 6.07) is 8.80. The molecule has 0 spiro atoms. The maximum Gasteiger partial charge on any atom is 0.411 e. The lowest BCUT2D eigenvalue weighted by Crippen LogP contribution is -2.43. The zero-order valence-electron chi connectivity index (χ0n) is 21.5. The minimum Gasteiger partial charge on any atom is -0.484 e. The fraction of sp³-hybridized carbons (Fsp3) is 0.222. The van der Waals surface area contributed by atoms with Crippen LogP contribution >= 0.6 is 22.9 Å². The summed E-state index contributed by atoms with van der Waals surface area (Å²) in [7, 11) is 3.04. The van der Waals surface area contributed by atoms with E-state index in [1.54, 1.807) is 31.5 Å². The summed E-state index contributed by atoms with van der Waals surface area (Å²) in [5.74, 6) is 1.74. The van der Waals surface area contributed by atoms with Gasteiger partial charge in [0.05, 0.1) is 54.9 Å². The number of benzene rings is 2. The van der Waals surface area contributed by atoms with E-state index in [-0.39, 0.29) is 13.2 Å². The van der Waals surface area contributed by atoms with E-state index >= 15 is 0 Å². The summed E-state index contributed by atoms with van der Waals surface area (Å²) in [6.07, 6.45) is 1.27. The smallest absolute Gasteiger partial charge is 0.411 e. The first-order valence-electron chi connectivity index (χ1n) is 12.1. The van der Waals surface area contributed by atoms with Crippen LogP contribution in [0, 0.1) is 6.92 Å². The van der Waals surface area contributed by atoms with Gasteiger partial charge in [0.1, 0.15) is 21.8 Å². The van der Waals surface area contributed by atoms with Gasteiger partial charge < -0.3 is 24.1 Å². The van der Waals surface area contributed by atoms with Crippen LogP contribution in [0.2, 0.25) is 5.02 Å². The molecule has 40 heavy (non-hydrogen) atoms. The number of nitrogens with zero attached hydrogens (tertiary/aromatic N) is 5. The number of amides is 1. The molecule has 0 radical (unpaired) electrons. The number of aryl methyl sites for hydroxylation is 1. The highest BCUT2D eigenvalue weighted by molar-refractivity contribution is 7.22. The van der Waals surface area contributed by atoms with E-state index in [9.17, 15) is 9.90 Å². The van der Waals surface area contributed by atoms with Crippen molar-refractivity contribution >= 4 is 56.0 Å². The van der Waals surface area contributed by atoms with Crippen molar-refractivity contribution in [2.75, 3.05) is 32.3 Å². The monoisotopic (exact) mass is 579 g/mol. The Hall–Kier alpha value is -4.42. The quantitative estimate of drug-likeness (QED) is 0.271. The fourth-order valence-corrected chi connectivity index (χ4v) is 5.87. The van der Waals surface area contributed by atoms with Gasteiger partial charge in [0.25, 0.3) is 0 Å². The topological polar surface area (TPSA) is 129 Å². The van der Waals surface area contributed by atoms with Crippen LogP contribution in [0.3, 0.4) is 0 Å². The third kappa shape index (κ3) is 4.65. The Labute approximate surface area is 236 Å². The van der Waals surface area contributed by atoms with Crippen LogP contribution in [-0.4, -0.2) is 64.6 Å². The zero-order valence-corrected chi connectivity index (χ0v) is 23.1. The van der Waals surface area contributed by atoms with Crippen LogP contribution in [0.4, 0.5) is 10.5 Å². The van der Waals surface area contributed by atoms with E-state index < -0.39 is 12.2 Å². The van der Waals surface area contributed by atoms with Gasteiger partial charge >= 0.3 is 6.09 Å². The molecular formula is C27H22ClN5O6S. The van der Waals surface area contributed by atoms with Crippen molar-refractivity contribution < 1.29 is 28.8 Å². The first-order chi connectivity index (χ1) is 19.3. The van der Waals surface area contributed by atoms with Gasteiger partial charge in [-0.3, -0.25) is 4.90 Å². The molecule has 1 amide bonds. The number of halogens is 1. The Morgan fingerprint density at radius 3 is 2.67 bits per heavy atom. The number of hydrogen-bond donors (Lipinski definition) is 1. The molecule has 0 aliphatic carbocycles. The van der Waals surface area contributed by atoms with Crippen LogP contribution in [0.25, 0.3) is 31.8 Å². The number of rotatable bonds is 6. The number of carboxylic acid groups (broad SMARTS) is 1. The maximum absolute atomic E-state index is 12.0. The highest BCUT2D eigenvalue weighted by Crippen LogP contribution is 2.47. The van der Waals surface area contributed by atoms with Gasteiger partial charge in [0.2, 0.25) is 11.8 Å². The van der Waals surface area contributed by atoms with Crippen molar-refractivity contribution in [2.24, 2.45) is 0 Å². The number of fused-ring (bicyclic) bond motifs is 4. The minimum absolute atomic E-state index is 0.0177. The minimum atomic E-state index is -1.15. The molecule has 6 rings (SSSR count). The molecule has 11 nitrogen and oxygen atoms in total. The summed E-state index contributed by atoms with van der Waals surface area (Å²) in [5.41, 5.74) is 4.16. The molecule has 13 heteroatoms. The van der Waals surface area contributed by atoms with Crippen LogP contribution in [0.5, 0.6) is 23.3 Å². The number of thiazole rings is 1. The summed E-state index contributed by atoms with van der Waals surface area (Å²) in [6.45, 7) is 2.12. The van der Waals surface area contributed by atoms with Gasteiger partial charge in [-0.15, -0.1) is 11.3 Å². The Kier molecular flexibility index (Phi) is 6.64. The van der Waals surface area contributed by atoms with Gasteiger partial charge in [0.15, 0.2) is 17.6 Å². The average molecular weight is 580 g/mol. The van der Waals surface area contributed by atoms with Crippen LogP contribution in [-0.2, 0) is 0 Å². The van der Waals surface area contributed by atoms with Crippen molar-refractivity contribution in [1.82, 2.24) is 19.9 Å². The SMILES string of the molecule is COc1ccc(N(C[C@@H]2COc3c(cc(Cl)c4nc(-c5cc(C)cc6nc(OC)cnc56)sc34)O2)C(=O)O)cn1. The molecule has 1 aliphatic rings. The number of methoxy groups -OCH3 is 2. The molecule has 204 valence electrons. The summed E-state index contributed by atoms with van der Waals surface area (Å²) >= 11 is 8.06. The lowest BCUT2D eigenvalue weighted by atomic mass is 10.1. The number of hydrogen-bond acceptors (Lipinski definition) is 10. The summed E-state index contributed by atoms with van der Waals surface area (Å²) < 4.78 is 23.3. The van der Waals surface area contributed by atoms with Crippen molar-refractivity contribution in [3.05, 3.63) is 53.3 Å². The third-order valence-corrected chi connectivity index (χ3v) is 7.69. The van der Waals surface area contributed by atoms with Crippen LogP contribution in [0.1, 0.15) is 5.56 Å². The largest absolute Gasteiger partial charge is 0.484 e. The molecule has 1 atom stereocenters. The summed E-state index contributed by atoms with van der Waals surface area (Å²) in [4.78, 5) is 31.2. The van der Waals surface area contributed by atoms with Gasteiger partial charge in [-0.1, -0.05) is 11.6 Å². The molecule has 0 bridgehead atoms. The van der Waals surface area contributed by atoms with Crippen LogP contribution in [0.15, 0.2) is 42.7 Å². The Morgan fingerprint density at radius 1 is 1.12 bits per heavy atom. The average Bonchev–Trinajstić information content (AvgIpc) is 3.41. The van der Waals surface area contributed by atoms with Crippen molar-refractivity contribution in [3.63, 3.8) is 0 Å². The van der Waals surface area contributed by atoms with E-state index in [0.717, 1.165) is 20.7 Å². The molecule has 0 saturated carbocycles. The molecule has 4 heterocycles. The molecule has 5 aromatic rings. The van der Waals surface area contributed by atoms with Gasteiger partial charge in [-0.2, -0.15) is 0 Å². The highest BCUT2D eigenvalue weighted by atomic mass is 35.5. The Balaban J connectivity index is 1.33. The predicted molar refractivity (Wildman–Crippen MR) is 151 cm³/mol. The first kappa shape index (κ1) is 25.8. The molecule has 1 aliphatic heterocycles. The van der Waals surface area contributed by atoms with E-state index in [1.807, 2.05) is 19.1 Å². The van der Waals surface area contributed by atoms with Gasteiger partial charge in [-0.05, 0) is 30.7 Å². The second kappa shape index (κ2) is 10.3. The lowest BCUT2D eigenvalue weighted by molar-refractivity contribution is 0.0962. The van der Waals surface area contributed by atoms with Gasteiger partial charge in [-0.25, -0.2) is 24.7 Å². The standard InChI is InChI=1S/C27H22ClN5O6S/c1-13-6-16(22-18(7-13)31-21(37-3)10-30-22)26-32-23-17(28)8-19-24(25(23)40-26)38-12-15(39-19)11-33(27(34)35)14-4-5-20(36-2)29-9-14/h4-10,15H,11-12H2,1-3H3,(H,34,35)/t15-/m1/s1. The first-order valence-corrected chi connectivity index (χ1v) is 13.3. The predicted octanol–water partition coefficient (Wildman–Crippen LogP) is 5.60. The molecule has 2 aromatic carbocycles.